The molecule has 2 N–H and O–H groups in total. The Bertz CT molecular complexity index is 752. The van der Waals surface area contributed by atoms with E-state index in [1.165, 1.54) is 17.5 Å². The fourth-order valence-corrected chi connectivity index (χ4v) is 2.85. The average Bonchev–Trinajstić information content (AvgIpc) is 3.00. The molecular formula is C16H21F3N4. The van der Waals surface area contributed by atoms with Crippen LogP contribution in [0.25, 0.3) is 5.65 Å². The highest BCUT2D eigenvalue weighted by atomic mass is 19.4. The highest BCUT2D eigenvalue weighted by Crippen LogP contribution is 2.34. The molecule has 0 amide bonds. The molecular weight excluding hydrogens is 305 g/mol. The second-order valence-electron chi connectivity index (χ2n) is 5.93. The van der Waals surface area contributed by atoms with E-state index in [2.05, 4.69) is 15.6 Å². The van der Waals surface area contributed by atoms with Gasteiger partial charge in [0.2, 0.25) is 0 Å². The van der Waals surface area contributed by atoms with Crippen LogP contribution in [0.3, 0.4) is 0 Å². The first-order valence-corrected chi connectivity index (χ1v) is 7.57. The van der Waals surface area contributed by atoms with Crippen LogP contribution in [0.15, 0.2) is 18.5 Å². The molecule has 2 aromatic heterocycles. The fraction of sp³-hybridized carbons (Fsp3) is 0.562. The maximum absolute atomic E-state index is 13.3. The van der Waals surface area contributed by atoms with Crippen molar-refractivity contribution in [2.45, 2.75) is 44.8 Å². The monoisotopic (exact) mass is 328 g/mol. The van der Waals surface area contributed by atoms with Crippen LogP contribution in [-0.2, 0) is 6.18 Å². The number of fused-ring (bicyclic) bond motifs is 1. The minimum absolute atomic E-state index is 0.0762. The van der Waals surface area contributed by atoms with E-state index in [-0.39, 0.29) is 18.6 Å². The Morgan fingerprint density at radius 1 is 1.48 bits per heavy atom. The summed E-state index contributed by atoms with van der Waals surface area (Å²) < 4.78 is 57.0. The molecule has 3 rings (SSSR count). The van der Waals surface area contributed by atoms with Crippen molar-refractivity contribution >= 4 is 11.3 Å². The molecule has 4 nitrogen and oxygen atoms in total. The molecule has 7 heteroatoms. The summed E-state index contributed by atoms with van der Waals surface area (Å²) in [6.07, 6.45) is -0.504. The molecule has 0 aromatic carbocycles. The van der Waals surface area contributed by atoms with Gasteiger partial charge in [-0.3, -0.25) is 0 Å². The molecule has 0 spiro atoms. The molecule has 1 fully saturated rings. The van der Waals surface area contributed by atoms with Crippen molar-refractivity contribution < 1.29 is 15.9 Å². The van der Waals surface area contributed by atoms with Gasteiger partial charge in [0, 0.05) is 26.9 Å². The molecule has 2 aromatic rings. The van der Waals surface area contributed by atoms with E-state index in [4.69, 9.17) is 2.74 Å². The van der Waals surface area contributed by atoms with Crippen LogP contribution in [0, 0.1) is 0 Å². The Morgan fingerprint density at radius 3 is 2.87 bits per heavy atom. The van der Waals surface area contributed by atoms with Gasteiger partial charge in [-0.15, -0.1) is 0 Å². The summed E-state index contributed by atoms with van der Waals surface area (Å²) in [6.45, 7) is 2.87. The topological polar surface area (TPSA) is 41.4 Å². The standard InChI is InChI=1S/C16H21F3N4/c1-10(2)14-8-21-15-13(22-12-3-5-20-6-4-12)7-11(9-23(14)15)16(17,18)19/h7-10,12,20,22H,3-6H2,1-2H3/i1D,10D/t10-/m0/s1. The van der Waals surface area contributed by atoms with E-state index in [9.17, 15) is 13.2 Å². The van der Waals surface area contributed by atoms with Crippen LogP contribution >= 0.6 is 0 Å². The second kappa shape index (κ2) is 6.03. The van der Waals surface area contributed by atoms with Gasteiger partial charge in [-0.1, -0.05) is 13.8 Å². The third-order valence-corrected chi connectivity index (χ3v) is 4.07. The van der Waals surface area contributed by atoms with E-state index in [1.807, 2.05) is 0 Å². The van der Waals surface area contributed by atoms with Crippen LogP contribution < -0.4 is 10.6 Å². The smallest absolute Gasteiger partial charge is 0.379 e. The Balaban J connectivity index is 2.11. The molecule has 1 saturated heterocycles. The second-order valence-corrected chi connectivity index (χ2v) is 5.93. The Labute approximate surface area is 135 Å². The Hall–Kier alpha value is -1.76. The van der Waals surface area contributed by atoms with Gasteiger partial charge in [0.1, 0.15) is 0 Å². The van der Waals surface area contributed by atoms with Crippen molar-refractivity contribution in [2.75, 3.05) is 18.4 Å². The first kappa shape index (κ1) is 13.7. The zero-order valence-corrected chi connectivity index (χ0v) is 12.9. The quantitative estimate of drug-likeness (QED) is 0.904. The van der Waals surface area contributed by atoms with Gasteiger partial charge in [-0.05, 0) is 37.9 Å². The minimum Gasteiger partial charge on any atom is -0.379 e. The van der Waals surface area contributed by atoms with Gasteiger partial charge in [-0.2, -0.15) is 13.2 Å². The molecule has 0 aliphatic carbocycles. The van der Waals surface area contributed by atoms with Gasteiger partial charge < -0.3 is 15.0 Å². The van der Waals surface area contributed by atoms with Gasteiger partial charge in [0.15, 0.2) is 5.65 Å². The fourth-order valence-electron chi connectivity index (χ4n) is 2.85. The van der Waals surface area contributed by atoms with E-state index in [0.29, 0.717) is 11.3 Å². The lowest BCUT2D eigenvalue weighted by atomic mass is 10.1. The van der Waals surface area contributed by atoms with Crippen molar-refractivity contribution in [1.29, 1.82) is 0 Å². The van der Waals surface area contributed by atoms with Gasteiger partial charge in [0.25, 0.3) is 0 Å². The number of nitrogens with one attached hydrogen (secondary N) is 2. The molecule has 1 aliphatic heterocycles. The van der Waals surface area contributed by atoms with E-state index in [0.717, 1.165) is 38.2 Å². The van der Waals surface area contributed by atoms with E-state index in [1.54, 1.807) is 0 Å². The molecule has 1 atom stereocenters. The average molecular weight is 328 g/mol. The van der Waals surface area contributed by atoms with Gasteiger partial charge in [-0.25, -0.2) is 4.98 Å². The molecule has 23 heavy (non-hydrogen) atoms. The normalized spacial score (nSPS) is 20.9. The lowest BCUT2D eigenvalue weighted by Gasteiger charge is -2.25. The minimum atomic E-state index is -4.50. The first-order chi connectivity index (χ1) is 11.7. The van der Waals surface area contributed by atoms with Crippen molar-refractivity contribution in [2.24, 2.45) is 0 Å². The predicted molar refractivity (Wildman–Crippen MR) is 83.8 cm³/mol. The SMILES string of the molecule is [2H]C[C@@]([2H])(C)c1cnc2c(NC3CCNCC3)cc(C(F)(F)F)cn12. The number of hydrogen-bond acceptors (Lipinski definition) is 3. The number of alkyl halides is 3. The maximum atomic E-state index is 13.3. The number of pyridine rings is 1. The third kappa shape index (κ3) is 3.29. The zero-order valence-electron chi connectivity index (χ0n) is 14.9. The summed E-state index contributed by atoms with van der Waals surface area (Å²) in [5, 5.41) is 6.41. The molecule has 3 heterocycles. The highest BCUT2D eigenvalue weighted by Gasteiger charge is 2.32. The van der Waals surface area contributed by atoms with Gasteiger partial charge in [0.05, 0.1) is 11.3 Å². The first-order valence-electron chi connectivity index (χ1n) is 8.78. The third-order valence-electron chi connectivity index (χ3n) is 4.07. The molecule has 0 radical (unpaired) electrons. The molecule has 0 unspecified atom stereocenters. The van der Waals surface area contributed by atoms with Crippen LogP contribution in [0.1, 0.15) is 46.6 Å². The van der Waals surface area contributed by atoms with Crippen LogP contribution in [0.4, 0.5) is 18.9 Å². The van der Waals surface area contributed by atoms with Crippen molar-refractivity contribution in [3.8, 4) is 0 Å². The van der Waals surface area contributed by atoms with E-state index >= 15 is 0 Å². The number of piperidine rings is 1. The number of imidazole rings is 1. The summed E-state index contributed by atoms with van der Waals surface area (Å²) in [5.74, 6) is -1.34. The van der Waals surface area contributed by atoms with Crippen LogP contribution in [-0.4, -0.2) is 28.5 Å². The number of rotatable bonds is 3. The molecule has 1 aliphatic rings. The summed E-state index contributed by atoms with van der Waals surface area (Å²) in [5.41, 5.74) is 0.149. The number of hydrogen-bond donors (Lipinski definition) is 2. The maximum Gasteiger partial charge on any atom is 0.417 e. The Morgan fingerprint density at radius 2 is 2.22 bits per heavy atom. The van der Waals surface area contributed by atoms with Crippen LogP contribution in [0.2, 0.25) is 0 Å². The summed E-state index contributed by atoms with van der Waals surface area (Å²) in [6, 6.07) is 1.16. The zero-order chi connectivity index (χ0) is 18.2. The molecule has 0 bridgehead atoms. The van der Waals surface area contributed by atoms with E-state index < -0.39 is 17.6 Å². The summed E-state index contributed by atoms with van der Waals surface area (Å²) >= 11 is 0. The number of aromatic nitrogens is 2. The largest absolute Gasteiger partial charge is 0.417 e. The summed E-state index contributed by atoms with van der Waals surface area (Å²) in [4.78, 5) is 4.24. The number of nitrogens with zero attached hydrogens (tertiary/aromatic N) is 2. The lowest BCUT2D eigenvalue weighted by Crippen LogP contribution is -2.35. The van der Waals surface area contributed by atoms with Crippen LogP contribution in [0.5, 0.6) is 0 Å². The van der Waals surface area contributed by atoms with Crippen molar-refractivity contribution in [3.05, 3.63) is 29.7 Å². The van der Waals surface area contributed by atoms with Crippen molar-refractivity contribution in [1.82, 2.24) is 14.7 Å². The van der Waals surface area contributed by atoms with Crippen molar-refractivity contribution in [3.63, 3.8) is 0 Å². The molecule has 0 saturated carbocycles. The predicted octanol–water partition coefficient (Wildman–Crippen LogP) is 3.64. The summed E-state index contributed by atoms with van der Waals surface area (Å²) in [7, 11) is 0. The number of anilines is 1. The Kier molecular flexibility index (Phi) is 3.58. The molecule has 126 valence electrons. The number of halogens is 3. The van der Waals surface area contributed by atoms with Gasteiger partial charge >= 0.3 is 6.18 Å². The lowest BCUT2D eigenvalue weighted by molar-refractivity contribution is -0.137. The highest BCUT2D eigenvalue weighted by molar-refractivity contribution is 5.69.